The average Bonchev–Trinajstić information content (AvgIpc) is 3.49. The van der Waals surface area contributed by atoms with Crippen LogP contribution in [0.15, 0.2) is 85.1 Å². The highest BCUT2D eigenvalue weighted by molar-refractivity contribution is 5.71. The topological polar surface area (TPSA) is 78.9 Å². The van der Waals surface area contributed by atoms with E-state index < -0.39 is 6.10 Å². The van der Waals surface area contributed by atoms with Crippen LogP contribution in [0.5, 0.6) is 0 Å². The molecule has 0 radical (unpaired) electrons. The van der Waals surface area contributed by atoms with E-state index >= 15 is 0 Å². The Morgan fingerprint density at radius 3 is 0.687 bits per heavy atom. The molecule has 0 aliphatic heterocycles. The van der Waals surface area contributed by atoms with Crippen LogP contribution in [0.25, 0.3) is 0 Å². The van der Waals surface area contributed by atoms with Gasteiger partial charge < -0.3 is 14.2 Å². The summed E-state index contributed by atoms with van der Waals surface area (Å²) in [6.07, 6.45) is 94.6. The van der Waals surface area contributed by atoms with Gasteiger partial charge in [0.25, 0.3) is 0 Å². The van der Waals surface area contributed by atoms with Crippen molar-refractivity contribution in [3.63, 3.8) is 0 Å². The zero-order valence-corrected chi connectivity index (χ0v) is 55.2. The van der Waals surface area contributed by atoms with E-state index in [1.165, 1.54) is 231 Å². The summed E-state index contributed by atoms with van der Waals surface area (Å²) in [5.74, 6) is -0.881. The number of unbranched alkanes of at least 4 members (excludes halogenated alkanes) is 41. The summed E-state index contributed by atoms with van der Waals surface area (Å²) >= 11 is 0. The van der Waals surface area contributed by atoms with Crippen LogP contribution >= 0.6 is 0 Å². The normalized spacial score (nSPS) is 12.6. The molecule has 0 aliphatic rings. The highest BCUT2D eigenvalue weighted by Crippen LogP contribution is 2.17. The Hall–Kier alpha value is -3.41. The van der Waals surface area contributed by atoms with Gasteiger partial charge in [-0.2, -0.15) is 0 Å². The monoisotopic (exact) mass is 1160 g/mol. The van der Waals surface area contributed by atoms with Crippen molar-refractivity contribution in [1.82, 2.24) is 0 Å². The summed E-state index contributed by atoms with van der Waals surface area (Å²) in [4.78, 5) is 38.5. The molecule has 0 aromatic carbocycles. The van der Waals surface area contributed by atoms with E-state index in [4.69, 9.17) is 14.2 Å². The lowest BCUT2D eigenvalue weighted by Crippen LogP contribution is -2.30. The molecule has 0 aliphatic carbocycles. The van der Waals surface area contributed by atoms with E-state index in [2.05, 4.69) is 106 Å². The summed E-state index contributed by atoms with van der Waals surface area (Å²) in [6, 6.07) is 0. The maximum atomic E-state index is 13.0. The smallest absolute Gasteiger partial charge is 0.306 e. The first-order chi connectivity index (χ1) is 41.0. The average molecular weight is 1160 g/mol. The maximum Gasteiger partial charge on any atom is 0.306 e. The molecule has 0 heterocycles. The molecule has 0 bridgehead atoms. The third kappa shape index (κ3) is 69.3. The van der Waals surface area contributed by atoms with Gasteiger partial charge in [0, 0.05) is 19.3 Å². The van der Waals surface area contributed by atoms with Crippen molar-refractivity contribution in [2.45, 2.75) is 374 Å². The van der Waals surface area contributed by atoms with Gasteiger partial charge in [0.05, 0.1) is 0 Å². The van der Waals surface area contributed by atoms with E-state index in [0.29, 0.717) is 19.3 Å². The molecule has 0 aromatic heterocycles. The second kappa shape index (κ2) is 71.1. The van der Waals surface area contributed by atoms with Gasteiger partial charge in [0.15, 0.2) is 6.10 Å². The summed E-state index contributed by atoms with van der Waals surface area (Å²) in [7, 11) is 0. The van der Waals surface area contributed by atoms with Gasteiger partial charge in [-0.05, 0) is 122 Å². The zero-order chi connectivity index (χ0) is 59.9. The standard InChI is InChI=1S/C77H136O6/c1-4-7-10-13-16-19-22-25-28-30-32-34-36-37-38-39-41-42-44-46-49-52-55-58-61-64-67-70-76(79)82-73-74(72-81-75(78)69-66-63-60-57-54-51-48-27-24-21-18-15-12-9-6-3)83-77(80)71-68-65-62-59-56-53-50-47-45-43-40-35-33-31-29-26-23-20-17-14-11-8-5-2/h22-23,25-27,30-33,36-37,40,43,48,74H,4-21,24,28-29,34-35,38-39,41-42,44-47,49-73H2,1-3H3/b25-22-,26-23-,32-30-,33-31-,37-36-,43-40-,48-27-. The largest absolute Gasteiger partial charge is 0.462 e. The molecule has 6 nitrogen and oxygen atoms in total. The quantitative estimate of drug-likeness (QED) is 0.0261. The van der Waals surface area contributed by atoms with Crippen LogP contribution in [-0.4, -0.2) is 37.2 Å². The summed E-state index contributed by atoms with van der Waals surface area (Å²) in [5, 5.41) is 0. The van der Waals surface area contributed by atoms with Gasteiger partial charge in [-0.25, -0.2) is 0 Å². The first kappa shape index (κ1) is 79.6. The molecule has 0 N–H and O–H groups in total. The number of rotatable bonds is 66. The zero-order valence-electron chi connectivity index (χ0n) is 55.2. The second-order valence-corrected chi connectivity index (χ2v) is 24.1. The van der Waals surface area contributed by atoms with Crippen LogP contribution in [0.1, 0.15) is 367 Å². The number of hydrogen-bond donors (Lipinski definition) is 0. The predicted molar refractivity (Wildman–Crippen MR) is 362 cm³/mol. The van der Waals surface area contributed by atoms with E-state index in [9.17, 15) is 14.4 Å². The summed E-state index contributed by atoms with van der Waals surface area (Å²) in [6.45, 7) is 6.64. The molecule has 0 rings (SSSR count). The van der Waals surface area contributed by atoms with Crippen LogP contribution in [0.4, 0.5) is 0 Å². The molecule has 0 saturated heterocycles. The molecule has 1 unspecified atom stereocenters. The van der Waals surface area contributed by atoms with Crippen molar-refractivity contribution in [1.29, 1.82) is 0 Å². The van der Waals surface area contributed by atoms with Crippen molar-refractivity contribution in [2.24, 2.45) is 0 Å². The number of esters is 3. The van der Waals surface area contributed by atoms with Crippen molar-refractivity contribution < 1.29 is 28.6 Å². The molecule has 6 heteroatoms. The van der Waals surface area contributed by atoms with Crippen LogP contribution in [-0.2, 0) is 28.6 Å². The minimum Gasteiger partial charge on any atom is -0.462 e. The Morgan fingerprint density at radius 2 is 0.434 bits per heavy atom. The molecule has 0 amide bonds. The molecule has 0 spiro atoms. The van der Waals surface area contributed by atoms with Crippen molar-refractivity contribution >= 4 is 17.9 Å². The van der Waals surface area contributed by atoms with Gasteiger partial charge in [-0.3, -0.25) is 14.4 Å². The maximum absolute atomic E-state index is 13.0. The Kier molecular flexibility index (Phi) is 68.2. The summed E-state index contributed by atoms with van der Waals surface area (Å²) in [5.41, 5.74) is 0. The van der Waals surface area contributed by atoms with E-state index in [1.54, 1.807) is 0 Å². The second-order valence-electron chi connectivity index (χ2n) is 24.1. The van der Waals surface area contributed by atoms with Crippen molar-refractivity contribution in [3.8, 4) is 0 Å². The first-order valence-electron chi connectivity index (χ1n) is 36.1. The molecule has 0 saturated carbocycles. The fraction of sp³-hybridized carbons (Fsp3) is 0.779. The molecular weight excluding hydrogens is 1020 g/mol. The van der Waals surface area contributed by atoms with Gasteiger partial charge in [0.2, 0.25) is 0 Å². The fourth-order valence-corrected chi connectivity index (χ4v) is 10.4. The Morgan fingerprint density at radius 1 is 0.241 bits per heavy atom. The minimum atomic E-state index is -0.787. The lowest BCUT2D eigenvalue weighted by molar-refractivity contribution is -0.167. The molecule has 0 fully saturated rings. The van der Waals surface area contributed by atoms with Crippen LogP contribution in [0.3, 0.4) is 0 Å². The number of allylic oxidation sites excluding steroid dienone is 14. The Balaban J connectivity index is 4.33. The highest BCUT2D eigenvalue weighted by Gasteiger charge is 2.19. The Bertz CT molecular complexity index is 1570. The number of carbonyl (C=O) groups excluding carboxylic acids is 3. The fourth-order valence-electron chi connectivity index (χ4n) is 10.4. The van der Waals surface area contributed by atoms with Crippen LogP contribution in [0, 0.1) is 0 Å². The van der Waals surface area contributed by atoms with Gasteiger partial charge >= 0.3 is 17.9 Å². The number of carbonyl (C=O) groups is 3. The third-order valence-electron chi connectivity index (χ3n) is 15.8. The Labute approximate surface area is 515 Å². The van der Waals surface area contributed by atoms with Crippen LogP contribution in [0.2, 0.25) is 0 Å². The van der Waals surface area contributed by atoms with Gasteiger partial charge in [-0.1, -0.05) is 311 Å². The predicted octanol–water partition coefficient (Wildman–Crippen LogP) is 25.0. The van der Waals surface area contributed by atoms with Gasteiger partial charge in [0.1, 0.15) is 13.2 Å². The molecular formula is C77H136O6. The number of ether oxygens (including phenoxy) is 3. The molecule has 0 aromatic rings. The molecule has 1 atom stereocenters. The first-order valence-corrected chi connectivity index (χ1v) is 36.1. The summed E-state index contributed by atoms with van der Waals surface area (Å²) < 4.78 is 17.0. The highest BCUT2D eigenvalue weighted by atomic mass is 16.6. The van der Waals surface area contributed by atoms with Crippen molar-refractivity contribution in [3.05, 3.63) is 85.1 Å². The van der Waals surface area contributed by atoms with Crippen LogP contribution < -0.4 is 0 Å². The number of hydrogen-bond acceptors (Lipinski definition) is 6. The van der Waals surface area contributed by atoms with Crippen molar-refractivity contribution in [2.75, 3.05) is 13.2 Å². The molecule has 83 heavy (non-hydrogen) atoms. The third-order valence-corrected chi connectivity index (χ3v) is 15.8. The van der Waals surface area contributed by atoms with E-state index in [1.807, 2.05) is 0 Å². The van der Waals surface area contributed by atoms with E-state index in [-0.39, 0.29) is 31.1 Å². The molecule has 480 valence electrons. The SMILES string of the molecule is CCCCCCC/C=C\C/C=C\C/C=C\CCCCCCCCCCCCCCC(=O)OCC(COC(=O)CCCCCCC/C=C\CCCCCCCC)OC(=O)CCCCCCCCCC/C=C\C/C=C\C/C=C\CCCCCCC. The van der Waals surface area contributed by atoms with Gasteiger partial charge in [-0.15, -0.1) is 0 Å². The van der Waals surface area contributed by atoms with E-state index in [0.717, 1.165) is 96.3 Å². The minimum absolute atomic E-state index is 0.0813. The lowest BCUT2D eigenvalue weighted by Gasteiger charge is -2.18. The lowest BCUT2D eigenvalue weighted by atomic mass is 10.0.